The highest BCUT2D eigenvalue weighted by molar-refractivity contribution is 5.11. The zero-order valence-corrected chi connectivity index (χ0v) is 6.40. The number of halogens is 3. The van der Waals surface area contributed by atoms with Crippen LogP contribution in [0.3, 0.4) is 0 Å². The van der Waals surface area contributed by atoms with Crippen molar-refractivity contribution in [3.8, 4) is 0 Å². The van der Waals surface area contributed by atoms with Crippen molar-refractivity contribution in [2.75, 3.05) is 6.61 Å². The van der Waals surface area contributed by atoms with E-state index in [2.05, 4.69) is 0 Å². The number of hydrogen-bond donors (Lipinski definition) is 1. The molecular formula is C7H10F3NO. The van der Waals surface area contributed by atoms with Gasteiger partial charge in [-0.1, -0.05) is 0 Å². The lowest BCUT2D eigenvalue weighted by Crippen LogP contribution is -2.39. The van der Waals surface area contributed by atoms with Crippen LogP contribution in [-0.4, -0.2) is 18.8 Å². The summed E-state index contributed by atoms with van der Waals surface area (Å²) < 4.78 is 40.8. The van der Waals surface area contributed by atoms with E-state index in [1.54, 1.807) is 0 Å². The monoisotopic (exact) mass is 181 g/mol. The van der Waals surface area contributed by atoms with Crippen LogP contribution in [0.4, 0.5) is 13.2 Å². The maximum Gasteiger partial charge on any atom is 0.407 e. The third-order valence-electron chi connectivity index (χ3n) is 1.71. The van der Waals surface area contributed by atoms with Crippen LogP contribution in [0, 0.1) is 0 Å². The van der Waals surface area contributed by atoms with Crippen LogP contribution in [0.1, 0.15) is 12.8 Å². The van der Waals surface area contributed by atoms with E-state index in [1.807, 2.05) is 0 Å². The average molecular weight is 181 g/mol. The number of alkyl halides is 3. The van der Waals surface area contributed by atoms with Crippen molar-refractivity contribution in [2.24, 2.45) is 5.73 Å². The van der Waals surface area contributed by atoms with Gasteiger partial charge in [-0.25, -0.2) is 0 Å². The number of nitrogens with two attached hydrogens (primary N) is 1. The smallest absolute Gasteiger partial charge is 0.407 e. The standard InChI is InChI=1S/C7H10F3NO/c8-7(9,10)6(11)5-2-1-3-12-4-5/h4,6H,1-3,11H2. The summed E-state index contributed by atoms with van der Waals surface area (Å²) in [5.41, 5.74) is 5.09. The fourth-order valence-corrected chi connectivity index (χ4v) is 1.02. The highest BCUT2D eigenvalue weighted by atomic mass is 19.4. The third kappa shape index (κ3) is 2.14. The molecule has 0 aromatic rings. The molecule has 0 bridgehead atoms. The first-order chi connectivity index (χ1) is 5.52. The van der Waals surface area contributed by atoms with Crippen molar-refractivity contribution in [3.05, 3.63) is 11.8 Å². The zero-order chi connectivity index (χ0) is 9.19. The second-order valence-electron chi connectivity index (χ2n) is 2.69. The fourth-order valence-electron chi connectivity index (χ4n) is 1.02. The molecule has 0 aromatic carbocycles. The number of hydrogen-bond acceptors (Lipinski definition) is 2. The molecule has 0 radical (unpaired) electrons. The first-order valence-electron chi connectivity index (χ1n) is 3.64. The Hall–Kier alpha value is -0.710. The molecule has 0 fully saturated rings. The molecule has 0 aliphatic carbocycles. The van der Waals surface area contributed by atoms with Crippen molar-refractivity contribution in [2.45, 2.75) is 25.1 Å². The Bertz CT molecular complexity index is 188. The van der Waals surface area contributed by atoms with E-state index in [0.29, 0.717) is 19.4 Å². The van der Waals surface area contributed by atoms with Gasteiger partial charge in [-0.2, -0.15) is 13.2 Å². The Kier molecular flexibility index (Phi) is 2.62. The average Bonchev–Trinajstić information content (AvgIpc) is 2.03. The van der Waals surface area contributed by atoms with Crippen LogP contribution in [0.25, 0.3) is 0 Å². The van der Waals surface area contributed by atoms with Gasteiger partial charge in [-0.15, -0.1) is 0 Å². The lowest BCUT2D eigenvalue weighted by atomic mass is 10.0. The molecule has 2 nitrogen and oxygen atoms in total. The van der Waals surface area contributed by atoms with E-state index in [4.69, 9.17) is 10.5 Å². The summed E-state index contributed by atoms with van der Waals surface area (Å²) in [6.45, 7) is 0.480. The van der Waals surface area contributed by atoms with Crippen molar-refractivity contribution in [1.82, 2.24) is 0 Å². The van der Waals surface area contributed by atoms with Gasteiger partial charge in [0, 0.05) is 0 Å². The van der Waals surface area contributed by atoms with Crippen LogP contribution in [0.5, 0.6) is 0 Å². The van der Waals surface area contributed by atoms with Gasteiger partial charge in [0.05, 0.1) is 12.9 Å². The van der Waals surface area contributed by atoms with Crippen LogP contribution in [0.15, 0.2) is 11.8 Å². The first kappa shape index (κ1) is 9.38. The summed E-state index contributed by atoms with van der Waals surface area (Å²) in [5.74, 6) is 0. The molecule has 0 spiro atoms. The molecular weight excluding hydrogens is 171 g/mol. The molecule has 12 heavy (non-hydrogen) atoms. The molecule has 1 atom stereocenters. The van der Waals surface area contributed by atoms with Gasteiger partial charge >= 0.3 is 6.18 Å². The third-order valence-corrected chi connectivity index (χ3v) is 1.71. The SMILES string of the molecule is NC(C1=COCCC1)C(F)(F)F. The fraction of sp³-hybridized carbons (Fsp3) is 0.714. The topological polar surface area (TPSA) is 35.2 Å². The summed E-state index contributed by atoms with van der Waals surface area (Å²) in [6, 6.07) is -1.86. The van der Waals surface area contributed by atoms with Crippen molar-refractivity contribution >= 4 is 0 Å². The van der Waals surface area contributed by atoms with E-state index in [9.17, 15) is 13.2 Å². The molecule has 0 saturated carbocycles. The Balaban J connectivity index is 2.62. The Morgan fingerprint density at radius 1 is 1.50 bits per heavy atom. The van der Waals surface area contributed by atoms with E-state index in [1.165, 1.54) is 0 Å². The Morgan fingerprint density at radius 2 is 2.17 bits per heavy atom. The van der Waals surface area contributed by atoms with Gasteiger partial charge in [0.2, 0.25) is 0 Å². The minimum atomic E-state index is -4.35. The predicted molar refractivity (Wildman–Crippen MR) is 37.3 cm³/mol. The van der Waals surface area contributed by atoms with E-state index < -0.39 is 12.2 Å². The van der Waals surface area contributed by atoms with Crippen molar-refractivity contribution < 1.29 is 17.9 Å². The summed E-state index contributed by atoms with van der Waals surface area (Å²) in [7, 11) is 0. The lowest BCUT2D eigenvalue weighted by Gasteiger charge is -2.21. The van der Waals surface area contributed by atoms with Gasteiger partial charge in [0.15, 0.2) is 0 Å². The predicted octanol–water partition coefficient (Wildman–Crippen LogP) is 1.57. The number of ether oxygens (including phenoxy) is 1. The Labute approximate surface area is 68.2 Å². The molecule has 70 valence electrons. The van der Waals surface area contributed by atoms with Crippen LogP contribution >= 0.6 is 0 Å². The molecule has 0 amide bonds. The quantitative estimate of drug-likeness (QED) is 0.666. The molecule has 1 heterocycles. The second-order valence-corrected chi connectivity index (χ2v) is 2.69. The first-order valence-corrected chi connectivity index (χ1v) is 3.64. The molecule has 0 saturated heterocycles. The van der Waals surface area contributed by atoms with Gasteiger partial charge < -0.3 is 10.5 Å². The van der Waals surface area contributed by atoms with Crippen molar-refractivity contribution in [3.63, 3.8) is 0 Å². The van der Waals surface area contributed by atoms with E-state index in [-0.39, 0.29) is 5.57 Å². The molecule has 1 aliphatic heterocycles. The summed E-state index contributed by atoms with van der Waals surface area (Å²) in [6.07, 6.45) is -2.25. The molecule has 5 heteroatoms. The Morgan fingerprint density at radius 3 is 2.58 bits per heavy atom. The highest BCUT2D eigenvalue weighted by Gasteiger charge is 2.39. The van der Waals surface area contributed by atoms with Crippen LogP contribution in [0.2, 0.25) is 0 Å². The van der Waals surface area contributed by atoms with E-state index >= 15 is 0 Å². The van der Waals surface area contributed by atoms with Gasteiger partial charge in [-0.05, 0) is 18.4 Å². The van der Waals surface area contributed by atoms with Crippen LogP contribution < -0.4 is 5.73 Å². The molecule has 0 aromatic heterocycles. The molecule has 1 unspecified atom stereocenters. The van der Waals surface area contributed by atoms with E-state index in [0.717, 1.165) is 6.26 Å². The molecule has 1 aliphatic rings. The zero-order valence-electron chi connectivity index (χ0n) is 6.40. The summed E-state index contributed by atoms with van der Waals surface area (Å²) in [4.78, 5) is 0. The summed E-state index contributed by atoms with van der Waals surface area (Å²) in [5, 5.41) is 0. The molecule has 2 N–H and O–H groups in total. The minimum absolute atomic E-state index is 0.133. The maximum absolute atomic E-state index is 12.0. The minimum Gasteiger partial charge on any atom is -0.501 e. The summed E-state index contributed by atoms with van der Waals surface area (Å²) >= 11 is 0. The van der Waals surface area contributed by atoms with Gasteiger partial charge in [0.25, 0.3) is 0 Å². The van der Waals surface area contributed by atoms with Crippen molar-refractivity contribution in [1.29, 1.82) is 0 Å². The number of rotatable bonds is 1. The maximum atomic E-state index is 12.0. The molecule has 1 rings (SSSR count). The van der Waals surface area contributed by atoms with Crippen LogP contribution in [-0.2, 0) is 4.74 Å². The lowest BCUT2D eigenvalue weighted by molar-refractivity contribution is -0.140. The van der Waals surface area contributed by atoms with Gasteiger partial charge in [-0.3, -0.25) is 0 Å². The highest BCUT2D eigenvalue weighted by Crippen LogP contribution is 2.27. The van der Waals surface area contributed by atoms with Gasteiger partial charge in [0.1, 0.15) is 6.04 Å². The normalized spacial score (nSPS) is 21.2. The largest absolute Gasteiger partial charge is 0.501 e. The second kappa shape index (κ2) is 3.35.